The molecule has 1 aliphatic heterocycles. The Morgan fingerprint density at radius 1 is 1.06 bits per heavy atom. The van der Waals surface area contributed by atoms with Gasteiger partial charge >= 0.3 is 12.1 Å². The number of fused-ring (bicyclic) bond motifs is 3. The smallest absolute Gasteiger partial charge is 0.407 e. The van der Waals surface area contributed by atoms with E-state index in [2.05, 4.69) is 29.6 Å². The van der Waals surface area contributed by atoms with Gasteiger partial charge in [0.25, 0.3) is 0 Å². The molecule has 0 radical (unpaired) electrons. The summed E-state index contributed by atoms with van der Waals surface area (Å²) in [6, 6.07) is 15.8. The van der Waals surface area contributed by atoms with Crippen LogP contribution >= 0.6 is 0 Å². The Morgan fingerprint density at radius 3 is 2.21 bits per heavy atom. The van der Waals surface area contributed by atoms with Gasteiger partial charge in [0, 0.05) is 38.6 Å². The molecular weight excluding hydrogens is 436 g/mol. The Hall–Kier alpha value is -3.39. The summed E-state index contributed by atoms with van der Waals surface area (Å²) in [6.07, 6.45) is -0.485. The molecule has 1 saturated heterocycles. The molecule has 2 aromatic carbocycles. The highest BCUT2D eigenvalue weighted by Gasteiger charge is 2.40. The molecule has 2 N–H and O–H groups in total. The molecule has 1 aliphatic carbocycles. The van der Waals surface area contributed by atoms with E-state index in [1.54, 1.807) is 0 Å². The molecule has 4 rings (SSSR count). The van der Waals surface area contributed by atoms with Gasteiger partial charge in [-0.25, -0.2) is 4.79 Å². The fourth-order valence-electron chi connectivity index (χ4n) is 4.90. The number of likely N-dealkylation sites (tertiary alicyclic amines) is 1. The van der Waals surface area contributed by atoms with Crippen molar-refractivity contribution in [2.45, 2.75) is 37.8 Å². The first-order valence-corrected chi connectivity index (χ1v) is 11.6. The summed E-state index contributed by atoms with van der Waals surface area (Å²) in [5.41, 5.74) is 4.58. The third-order valence-corrected chi connectivity index (χ3v) is 6.82. The van der Waals surface area contributed by atoms with Crippen molar-refractivity contribution in [3.05, 3.63) is 59.7 Å². The van der Waals surface area contributed by atoms with Crippen LogP contribution in [-0.2, 0) is 19.1 Å². The Morgan fingerprint density at radius 2 is 1.68 bits per heavy atom. The van der Waals surface area contributed by atoms with E-state index in [4.69, 9.17) is 9.47 Å². The normalized spacial score (nSPS) is 19.9. The van der Waals surface area contributed by atoms with Crippen molar-refractivity contribution in [2.75, 3.05) is 26.8 Å². The zero-order valence-electron chi connectivity index (χ0n) is 19.4. The zero-order chi connectivity index (χ0) is 24.2. The van der Waals surface area contributed by atoms with Gasteiger partial charge in [0.1, 0.15) is 12.5 Å². The second kappa shape index (κ2) is 10.3. The lowest BCUT2D eigenvalue weighted by atomic mass is 9.98. The number of carbonyl (C=O) groups is 3. The molecule has 2 amide bonds. The van der Waals surface area contributed by atoms with Crippen molar-refractivity contribution >= 4 is 18.0 Å². The fraction of sp³-hybridized carbons (Fsp3) is 0.423. The first-order chi connectivity index (χ1) is 16.4. The number of ether oxygens (including phenoxy) is 2. The van der Waals surface area contributed by atoms with Gasteiger partial charge in [-0.1, -0.05) is 55.5 Å². The highest BCUT2D eigenvalue weighted by molar-refractivity contribution is 5.81. The van der Waals surface area contributed by atoms with Crippen LogP contribution in [0.25, 0.3) is 11.1 Å². The summed E-state index contributed by atoms with van der Waals surface area (Å²) in [7, 11) is 1.45. The maximum atomic E-state index is 12.8. The lowest BCUT2D eigenvalue weighted by Crippen LogP contribution is -2.40. The molecule has 2 aromatic rings. The number of carbonyl (C=O) groups excluding carboxylic acids is 2. The molecule has 180 valence electrons. The van der Waals surface area contributed by atoms with Crippen LogP contribution in [0, 0.1) is 5.92 Å². The average Bonchev–Trinajstić information content (AvgIpc) is 3.42. The summed E-state index contributed by atoms with van der Waals surface area (Å²) in [6.45, 7) is 2.41. The van der Waals surface area contributed by atoms with E-state index < -0.39 is 30.1 Å². The number of hydrogen-bond acceptors (Lipinski definition) is 5. The second-order valence-corrected chi connectivity index (χ2v) is 8.80. The van der Waals surface area contributed by atoms with Crippen molar-refractivity contribution in [1.29, 1.82) is 0 Å². The van der Waals surface area contributed by atoms with Gasteiger partial charge in [-0.15, -0.1) is 0 Å². The number of rotatable bonds is 8. The largest absolute Gasteiger partial charge is 0.481 e. The van der Waals surface area contributed by atoms with Crippen molar-refractivity contribution in [3.8, 4) is 11.1 Å². The molecule has 3 unspecified atom stereocenters. The average molecular weight is 467 g/mol. The highest BCUT2D eigenvalue weighted by Crippen LogP contribution is 2.44. The van der Waals surface area contributed by atoms with Crippen LogP contribution in [-0.4, -0.2) is 66.9 Å². The van der Waals surface area contributed by atoms with Crippen molar-refractivity contribution in [2.24, 2.45) is 5.92 Å². The molecule has 2 aliphatic rings. The minimum Gasteiger partial charge on any atom is -0.481 e. The first kappa shape index (κ1) is 23.8. The standard InChI is InChI=1S/C26H30N2O6/c1-3-16(12-24(29)28-13-21(25(30)31)23(14-28)33-2)27-26(32)34-15-22-19-10-6-4-8-17(19)18-9-5-7-11-20(18)22/h4-11,16,21-23H,3,12-15H2,1-2H3,(H,27,32)(H,30,31). The van der Waals surface area contributed by atoms with E-state index in [-0.39, 0.29) is 37.9 Å². The summed E-state index contributed by atoms with van der Waals surface area (Å²) < 4.78 is 10.8. The number of carboxylic acids is 1. The zero-order valence-corrected chi connectivity index (χ0v) is 19.4. The molecular formula is C26H30N2O6. The highest BCUT2D eigenvalue weighted by atomic mass is 16.5. The number of nitrogens with one attached hydrogen (secondary N) is 1. The summed E-state index contributed by atoms with van der Waals surface area (Å²) in [4.78, 5) is 38.2. The van der Waals surface area contributed by atoms with E-state index in [0.717, 1.165) is 22.3 Å². The quantitative estimate of drug-likeness (QED) is 0.619. The van der Waals surface area contributed by atoms with Crippen molar-refractivity contribution < 1.29 is 29.0 Å². The van der Waals surface area contributed by atoms with Gasteiger partial charge in [-0.2, -0.15) is 0 Å². The van der Waals surface area contributed by atoms with Crippen molar-refractivity contribution in [1.82, 2.24) is 10.2 Å². The fourth-order valence-corrected chi connectivity index (χ4v) is 4.90. The number of nitrogens with zero attached hydrogens (tertiary/aromatic N) is 1. The Kier molecular flexibility index (Phi) is 7.17. The third kappa shape index (κ3) is 4.77. The minimum absolute atomic E-state index is 0.0385. The minimum atomic E-state index is -0.981. The van der Waals surface area contributed by atoms with E-state index in [1.807, 2.05) is 31.2 Å². The van der Waals surface area contributed by atoms with E-state index in [0.29, 0.717) is 6.42 Å². The molecule has 8 heteroatoms. The molecule has 0 aromatic heterocycles. The summed E-state index contributed by atoms with van der Waals surface area (Å²) in [5.74, 6) is -1.98. The summed E-state index contributed by atoms with van der Waals surface area (Å²) in [5, 5.41) is 12.1. The number of methoxy groups -OCH3 is 1. The van der Waals surface area contributed by atoms with Crippen LogP contribution < -0.4 is 5.32 Å². The molecule has 0 saturated carbocycles. The predicted octanol–water partition coefficient (Wildman–Crippen LogP) is 3.25. The maximum Gasteiger partial charge on any atom is 0.407 e. The van der Waals surface area contributed by atoms with E-state index in [9.17, 15) is 19.5 Å². The SMILES string of the molecule is CCC(CC(=O)N1CC(OC)C(C(=O)O)C1)NC(=O)OCC1c2ccccc2-c2ccccc21. The predicted molar refractivity (Wildman–Crippen MR) is 125 cm³/mol. The first-order valence-electron chi connectivity index (χ1n) is 11.6. The van der Waals surface area contributed by atoms with Crippen LogP contribution in [0.5, 0.6) is 0 Å². The number of carboxylic acid groups (broad SMARTS) is 1. The lowest BCUT2D eigenvalue weighted by molar-refractivity contribution is -0.144. The molecule has 34 heavy (non-hydrogen) atoms. The lowest BCUT2D eigenvalue weighted by Gasteiger charge is -2.22. The maximum absolute atomic E-state index is 12.8. The van der Waals surface area contributed by atoms with E-state index >= 15 is 0 Å². The van der Waals surface area contributed by atoms with Gasteiger partial charge in [0.05, 0.1) is 6.10 Å². The van der Waals surface area contributed by atoms with Gasteiger partial charge in [-0.05, 0) is 28.7 Å². The molecule has 0 bridgehead atoms. The Bertz CT molecular complexity index is 1030. The van der Waals surface area contributed by atoms with E-state index in [1.165, 1.54) is 12.0 Å². The molecule has 1 fully saturated rings. The summed E-state index contributed by atoms with van der Waals surface area (Å²) >= 11 is 0. The van der Waals surface area contributed by atoms with Gasteiger partial charge in [0.15, 0.2) is 0 Å². The van der Waals surface area contributed by atoms with Crippen LogP contribution in [0.2, 0.25) is 0 Å². The van der Waals surface area contributed by atoms with Gasteiger partial charge in [-0.3, -0.25) is 9.59 Å². The van der Waals surface area contributed by atoms with Crippen LogP contribution in [0.15, 0.2) is 48.5 Å². The van der Waals surface area contributed by atoms with Crippen LogP contribution in [0.3, 0.4) is 0 Å². The Balaban J connectivity index is 1.33. The van der Waals surface area contributed by atoms with Crippen LogP contribution in [0.1, 0.15) is 36.8 Å². The molecule has 3 atom stereocenters. The number of alkyl carbamates (subject to hydrolysis) is 1. The topological polar surface area (TPSA) is 105 Å². The number of benzene rings is 2. The molecule has 8 nitrogen and oxygen atoms in total. The van der Waals surface area contributed by atoms with Gasteiger partial charge < -0.3 is 24.8 Å². The van der Waals surface area contributed by atoms with Gasteiger partial charge in [0.2, 0.25) is 5.91 Å². The third-order valence-electron chi connectivity index (χ3n) is 6.82. The monoisotopic (exact) mass is 466 g/mol. The van der Waals surface area contributed by atoms with Crippen molar-refractivity contribution in [3.63, 3.8) is 0 Å². The molecule has 1 heterocycles. The number of aliphatic carboxylic acids is 1. The van der Waals surface area contributed by atoms with Crippen LogP contribution in [0.4, 0.5) is 4.79 Å². The second-order valence-electron chi connectivity index (χ2n) is 8.80. The number of amides is 2. The molecule has 0 spiro atoms. The Labute approximate surface area is 198 Å². The number of hydrogen-bond donors (Lipinski definition) is 2.